The first-order valence-electron chi connectivity index (χ1n) is 8.35. The number of thioether (sulfide) groups is 1. The molecule has 0 radical (unpaired) electrons. The second-order valence-electron chi connectivity index (χ2n) is 5.88. The van der Waals surface area contributed by atoms with Gasteiger partial charge in [-0.05, 0) is 31.9 Å². The molecule has 0 aliphatic rings. The van der Waals surface area contributed by atoms with Crippen LogP contribution in [0.1, 0.15) is 18.3 Å². The maximum Gasteiger partial charge on any atom is 0.233 e. The molecule has 1 amide bonds. The van der Waals surface area contributed by atoms with E-state index in [0.717, 1.165) is 28.2 Å². The topological polar surface area (TPSA) is 54.9 Å². The summed E-state index contributed by atoms with van der Waals surface area (Å²) in [6.07, 6.45) is 0.833. The highest BCUT2D eigenvalue weighted by molar-refractivity contribution is 8.00. The molecule has 1 atom stereocenters. The Morgan fingerprint density at radius 2 is 1.80 bits per heavy atom. The molecule has 0 aliphatic heterocycles. The second kappa shape index (κ2) is 8.12. The van der Waals surface area contributed by atoms with Crippen molar-refractivity contribution in [2.75, 3.05) is 6.54 Å². The van der Waals surface area contributed by atoms with Gasteiger partial charge in [-0.1, -0.05) is 60.3 Å². The number of para-hydroxylation sites is 1. The van der Waals surface area contributed by atoms with Crippen molar-refractivity contribution in [3.8, 4) is 0 Å². The fraction of sp³-hybridized carbons (Fsp3) is 0.250. The van der Waals surface area contributed by atoms with Crippen molar-refractivity contribution in [1.29, 1.82) is 0 Å². The van der Waals surface area contributed by atoms with Crippen LogP contribution in [0.15, 0.2) is 59.6 Å². The van der Waals surface area contributed by atoms with Gasteiger partial charge in [0.1, 0.15) is 10.9 Å². The number of carbonyl (C=O) groups is 1. The van der Waals surface area contributed by atoms with Gasteiger partial charge in [0.2, 0.25) is 5.91 Å². The van der Waals surface area contributed by atoms with Gasteiger partial charge >= 0.3 is 0 Å². The van der Waals surface area contributed by atoms with E-state index in [4.69, 9.17) is 0 Å². The van der Waals surface area contributed by atoms with E-state index in [1.54, 1.807) is 0 Å². The van der Waals surface area contributed by atoms with Crippen LogP contribution in [0, 0.1) is 6.92 Å². The minimum atomic E-state index is -0.214. The number of rotatable bonds is 6. The van der Waals surface area contributed by atoms with Gasteiger partial charge in [0, 0.05) is 11.9 Å². The van der Waals surface area contributed by atoms with Crippen molar-refractivity contribution < 1.29 is 4.79 Å². The lowest BCUT2D eigenvalue weighted by Crippen LogP contribution is -2.32. The Hall–Kier alpha value is -2.40. The number of amides is 1. The maximum absolute atomic E-state index is 12.4. The van der Waals surface area contributed by atoms with E-state index in [9.17, 15) is 4.79 Å². The molecule has 0 bridgehead atoms. The Morgan fingerprint density at radius 3 is 2.60 bits per heavy atom. The molecule has 0 unspecified atom stereocenters. The zero-order chi connectivity index (χ0) is 17.6. The van der Waals surface area contributed by atoms with Gasteiger partial charge in [-0.3, -0.25) is 4.79 Å². The molecular weight excluding hydrogens is 330 g/mol. The summed E-state index contributed by atoms with van der Waals surface area (Å²) in [6.45, 7) is 4.42. The minimum Gasteiger partial charge on any atom is -0.355 e. The fourth-order valence-corrected chi connectivity index (χ4v) is 3.60. The van der Waals surface area contributed by atoms with Crippen molar-refractivity contribution in [3.05, 3.63) is 66.0 Å². The Morgan fingerprint density at radius 1 is 1.08 bits per heavy atom. The molecule has 0 saturated carbocycles. The van der Waals surface area contributed by atoms with E-state index >= 15 is 0 Å². The van der Waals surface area contributed by atoms with Crippen LogP contribution in [-0.2, 0) is 11.2 Å². The van der Waals surface area contributed by atoms with E-state index < -0.39 is 0 Å². The Kier molecular flexibility index (Phi) is 5.66. The van der Waals surface area contributed by atoms with Crippen LogP contribution in [-0.4, -0.2) is 27.7 Å². The van der Waals surface area contributed by atoms with Crippen LogP contribution in [0.3, 0.4) is 0 Å². The largest absolute Gasteiger partial charge is 0.355 e. The maximum atomic E-state index is 12.4. The molecule has 3 aromatic rings. The zero-order valence-corrected chi connectivity index (χ0v) is 15.2. The standard InChI is InChI=1S/C20H21N3OS/c1-14(19(24)21-13-12-16-8-4-3-5-9-16)25-20-17-10-6-7-11-18(17)22-15(2)23-20/h3-11,14H,12-13H2,1-2H3,(H,21,24)/t14-/m0/s1. The van der Waals surface area contributed by atoms with E-state index in [-0.39, 0.29) is 11.2 Å². The number of nitrogens with zero attached hydrogens (tertiary/aromatic N) is 2. The molecule has 25 heavy (non-hydrogen) atoms. The third kappa shape index (κ3) is 4.57. The molecule has 128 valence electrons. The first-order chi connectivity index (χ1) is 12.1. The highest BCUT2D eigenvalue weighted by atomic mass is 32.2. The summed E-state index contributed by atoms with van der Waals surface area (Å²) in [6, 6.07) is 18.1. The molecule has 3 rings (SSSR count). The summed E-state index contributed by atoms with van der Waals surface area (Å²) in [5, 5.41) is 4.64. The molecule has 0 spiro atoms. The average molecular weight is 351 g/mol. The third-order valence-corrected chi connectivity index (χ3v) is 5.00. The molecular formula is C20H21N3OS. The van der Waals surface area contributed by atoms with Crippen molar-refractivity contribution in [2.45, 2.75) is 30.5 Å². The summed E-state index contributed by atoms with van der Waals surface area (Å²) in [7, 11) is 0. The number of carbonyl (C=O) groups excluding carboxylic acids is 1. The van der Waals surface area contributed by atoms with E-state index in [0.29, 0.717) is 6.54 Å². The Labute approximate surface area is 152 Å². The summed E-state index contributed by atoms with van der Waals surface area (Å²) < 4.78 is 0. The molecule has 1 N–H and O–H groups in total. The summed E-state index contributed by atoms with van der Waals surface area (Å²) >= 11 is 1.48. The van der Waals surface area contributed by atoms with Crippen molar-refractivity contribution in [2.24, 2.45) is 0 Å². The molecule has 4 nitrogen and oxygen atoms in total. The first-order valence-corrected chi connectivity index (χ1v) is 9.23. The van der Waals surface area contributed by atoms with Crippen LogP contribution >= 0.6 is 11.8 Å². The van der Waals surface area contributed by atoms with Crippen LogP contribution < -0.4 is 5.32 Å². The molecule has 0 saturated heterocycles. The number of fused-ring (bicyclic) bond motifs is 1. The predicted octanol–water partition coefficient (Wildman–Crippen LogP) is 3.78. The smallest absolute Gasteiger partial charge is 0.233 e. The quantitative estimate of drug-likeness (QED) is 0.542. The molecule has 1 aromatic heterocycles. The third-order valence-electron chi connectivity index (χ3n) is 3.89. The lowest BCUT2D eigenvalue weighted by atomic mass is 10.1. The summed E-state index contributed by atoms with van der Waals surface area (Å²) in [5.41, 5.74) is 2.13. The zero-order valence-electron chi connectivity index (χ0n) is 14.4. The van der Waals surface area contributed by atoms with Crippen LogP contribution in [0.4, 0.5) is 0 Å². The number of hydrogen-bond donors (Lipinski definition) is 1. The van der Waals surface area contributed by atoms with Crippen LogP contribution in [0.2, 0.25) is 0 Å². The normalized spacial score (nSPS) is 12.1. The Balaban J connectivity index is 1.62. The van der Waals surface area contributed by atoms with E-state index in [2.05, 4.69) is 27.4 Å². The highest BCUT2D eigenvalue weighted by Gasteiger charge is 2.17. The van der Waals surface area contributed by atoms with E-state index in [1.165, 1.54) is 17.3 Å². The van der Waals surface area contributed by atoms with Crippen LogP contribution in [0.25, 0.3) is 10.9 Å². The average Bonchev–Trinajstić information content (AvgIpc) is 2.62. The SMILES string of the molecule is Cc1nc(S[C@@H](C)C(=O)NCCc2ccccc2)c2ccccc2n1. The highest BCUT2D eigenvalue weighted by Crippen LogP contribution is 2.28. The van der Waals surface area contributed by atoms with Crippen LogP contribution in [0.5, 0.6) is 0 Å². The summed E-state index contributed by atoms with van der Waals surface area (Å²) in [5.74, 6) is 0.749. The fourth-order valence-electron chi connectivity index (χ4n) is 2.59. The number of benzene rings is 2. The van der Waals surface area contributed by atoms with Crippen molar-refractivity contribution in [1.82, 2.24) is 15.3 Å². The molecule has 5 heteroatoms. The number of nitrogens with one attached hydrogen (secondary N) is 1. The number of hydrogen-bond acceptors (Lipinski definition) is 4. The first kappa shape index (κ1) is 17.4. The summed E-state index contributed by atoms with van der Waals surface area (Å²) in [4.78, 5) is 21.4. The second-order valence-corrected chi connectivity index (χ2v) is 7.21. The molecule has 0 fully saturated rings. The van der Waals surface area contributed by atoms with E-state index in [1.807, 2.05) is 56.3 Å². The van der Waals surface area contributed by atoms with Gasteiger partial charge in [0.15, 0.2) is 0 Å². The molecule has 0 aliphatic carbocycles. The van der Waals surface area contributed by atoms with Gasteiger partial charge in [-0.15, -0.1) is 0 Å². The predicted molar refractivity (Wildman–Crippen MR) is 103 cm³/mol. The molecule has 2 aromatic carbocycles. The lowest BCUT2D eigenvalue weighted by molar-refractivity contribution is -0.120. The van der Waals surface area contributed by atoms with Crippen molar-refractivity contribution >= 4 is 28.6 Å². The van der Waals surface area contributed by atoms with Gasteiger partial charge in [-0.2, -0.15) is 0 Å². The van der Waals surface area contributed by atoms with Gasteiger partial charge in [0.05, 0.1) is 10.8 Å². The van der Waals surface area contributed by atoms with Gasteiger partial charge in [0.25, 0.3) is 0 Å². The lowest BCUT2D eigenvalue weighted by Gasteiger charge is -2.13. The van der Waals surface area contributed by atoms with Gasteiger partial charge in [-0.25, -0.2) is 9.97 Å². The Bertz CT molecular complexity index is 867. The monoisotopic (exact) mass is 351 g/mol. The minimum absolute atomic E-state index is 0.0290. The van der Waals surface area contributed by atoms with Crippen molar-refractivity contribution in [3.63, 3.8) is 0 Å². The number of aromatic nitrogens is 2. The number of aryl methyl sites for hydroxylation is 1. The molecule has 1 heterocycles. The van der Waals surface area contributed by atoms with Gasteiger partial charge < -0.3 is 5.32 Å².